The van der Waals surface area contributed by atoms with E-state index in [1.807, 2.05) is 62.4 Å². The van der Waals surface area contributed by atoms with Crippen LogP contribution in [-0.4, -0.2) is 20.6 Å². The summed E-state index contributed by atoms with van der Waals surface area (Å²) in [6.07, 6.45) is 1.62. The zero-order valence-electron chi connectivity index (χ0n) is 13.4. The molecule has 1 N–H and O–H groups in total. The maximum absolute atomic E-state index is 12.8. The molecule has 4 rings (SSSR count). The number of aryl methyl sites for hydroxylation is 2. The molecule has 1 amide bonds. The number of hydrogen-bond donors (Lipinski definition) is 1. The first-order valence-electron chi connectivity index (χ1n) is 7.73. The fourth-order valence-electron chi connectivity index (χ4n) is 2.88. The molecular weight excluding hydrogens is 300 g/mol. The van der Waals surface area contributed by atoms with Gasteiger partial charge in [0.1, 0.15) is 6.33 Å². The van der Waals surface area contributed by atoms with Crippen LogP contribution < -0.4 is 5.43 Å². The molecule has 5 nitrogen and oxygen atoms in total. The second-order valence-electron chi connectivity index (χ2n) is 5.88. The SMILES string of the molecule is Cc1ccc2nc(C)cc(C(=O)Nn3cnc4ccccc43)c2c1. The number of nitrogens with one attached hydrogen (secondary N) is 1. The van der Waals surface area contributed by atoms with Gasteiger partial charge in [-0.05, 0) is 44.2 Å². The zero-order valence-corrected chi connectivity index (χ0v) is 13.4. The molecule has 0 bridgehead atoms. The molecule has 2 heterocycles. The van der Waals surface area contributed by atoms with Gasteiger partial charge in [0, 0.05) is 11.1 Å². The van der Waals surface area contributed by atoms with Gasteiger partial charge in [0.15, 0.2) is 0 Å². The van der Waals surface area contributed by atoms with E-state index in [9.17, 15) is 4.79 Å². The van der Waals surface area contributed by atoms with E-state index in [2.05, 4.69) is 15.4 Å². The molecule has 0 aliphatic carbocycles. The molecule has 0 radical (unpaired) electrons. The van der Waals surface area contributed by atoms with E-state index in [1.165, 1.54) is 0 Å². The number of carbonyl (C=O) groups excluding carboxylic acids is 1. The van der Waals surface area contributed by atoms with Gasteiger partial charge in [0.2, 0.25) is 0 Å². The van der Waals surface area contributed by atoms with Crippen molar-refractivity contribution in [3.63, 3.8) is 0 Å². The quantitative estimate of drug-likeness (QED) is 0.615. The molecule has 0 aliphatic heterocycles. The minimum absolute atomic E-state index is 0.181. The minimum Gasteiger partial charge on any atom is -0.267 e. The van der Waals surface area contributed by atoms with Gasteiger partial charge in [-0.25, -0.2) is 9.66 Å². The van der Waals surface area contributed by atoms with Crippen LogP contribution in [0.4, 0.5) is 0 Å². The monoisotopic (exact) mass is 316 g/mol. The third kappa shape index (κ3) is 2.40. The van der Waals surface area contributed by atoms with Gasteiger partial charge in [0.25, 0.3) is 5.91 Å². The number of rotatable bonds is 2. The summed E-state index contributed by atoms with van der Waals surface area (Å²) in [5.74, 6) is -0.181. The standard InChI is InChI=1S/C19H16N4O/c1-12-7-8-16-14(9-12)15(10-13(2)21-16)19(24)22-23-11-20-17-5-3-4-6-18(17)23/h3-11H,1-2H3,(H,22,24). The number of imidazole rings is 1. The Hall–Kier alpha value is -3.21. The lowest BCUT2D eigenvalue weighted by atomic mass is 10.0. The van der Waals surface area contributed by atoms with Crippen LogP contribution in [0, 0.1) is 13.8 Å². The maximum Gasteiger partial charge on any atom is 0.270 e. The Morgan fingerprint density at radius 2 is 1.88 bits per heavy atom. The van der Waals surface area contributed by atoms with E-state index >= 15 is 0 Å². The fraction of sp³-hybridized carbons (Fsp3) is 0.105. The van der Waals surface area contributed by atoms with Crippen molar-refractivity contribution < 1.29 is 4.79 Å². The van der Waals surface area contributed by atoms with E-state index in [0.29, 0.717) is 5.56 Å². The third-order valence-electron chi connectivity index (χ3n) is 4.01. The first-order valence-corrected chi connectivity index (χ1v) is 7.73. The molecule has 118 valence electrons. The van der Waals surface area contributed by atoms with E-state index in [0.717, 1.165) is 33.2 Å². The molecule has 0 fully saturated rings. The van der Waals surface area contributed by atoms with Gasteiger partial charge in [-0.1, -0.05) is 23.8 Å². The molecular formula is C19H16N4O. The lowest BCUT2D eigenvalue weighted by Crippen LogP contribution is -2.22. The van der Waals surface area contributed by atoms with Gasteiger partial charge in [-0.15, -0.1) is 0 Å². The van der Waals surface area contributed by atoms with E-state index in [1.54, 1.807) is 11.0 Å². The number of aromatic nitrogens is 3. The molecule has 0 spiro atoms. The van der Waals surface area contributed by atoms with Crippen LogP contribution in [0.15, 0.2) is 54.9 Å². The lowest BCUT2D eigenvalue weighted by molar-refractivity contribution is 0.101. The second-order valence-corrected chi connectivity index (χ2v) is 5.88. The van der Waals surface area contributed by atoms with Gasteiger partial charge >= 0.3 is 0 Å². The number of hydrogen-bond acceptors (Lipinski definition) is 3. The van der Waals surface area contributed by atoms with Crippen molar-refractivity contribution in [2.75, 3.05) is 5.43 Å². The number of amides is 1. The van der Waals surface area contributed by atoms with E-state index in [4.69, 9.17) is 0 Å². The summed E-state index contributed by atoms with van der Waals surface area (Å²) in [6.45, 7) is 3.90. The summed E-state index contributed by atoms with van der Waals surface area (Å²) in [4.78, 5) is 21.6. The van der Waals surface area contributed by atoms with Crippen molar-refractivity contribution >= 4 is 27.8 Å². The van der Waals surface area contributed by atoms with Crippen molar-refractivity contribution in [2.24, 2.45) is 0 Å². The fourth-order valence-corrected chi connectivity index (χ4v) is 2.88. The Balaban J connectivity index is 1.79. The second kappa shape index (κ2) is 5.45. The summed E-state index contributed by atoms with van der Waals surface area (Å²) in [5.41, 5.74) is 7.94. The molecule has 0 aliphatic rings. The topological polar surface area (TPSA) is 59.8 Å². The van der Waals surface area contributed by atoms with Gasteiger partial charge < -0.3 is 0 Å². The summed E-state index contributed by atoms with van der Waals surface area (Å²) in [7, 11) is 0. The number of nitrogens with zero attached hydrogens (tertiary/aromatic N) is 3. The largest absolute Gasteiger partial charge is 0.270 e. The Morgan fingerprint density at radius 1 is 1.04 bits per heavy atom. The van der Waals surface area contributed by atoms with Crippen LogP contribution >= 0.6 is 0 Å². The summed E-state index contributed by atoms with van der Waals surface area (Å²) >= 11 is 0. The highest BCUT2D eigenvalue weighted by Gasteiger charge is 2.13. The van der Waals surface area contributed by atoms with Crippen molar-refractivity contribution in [2.45, 2.75) is 13.8 Å². The highest BCUT2D eigenvalue weighted by Crippen LogP contribution is 2.20. The maximum atomic E-state index is 12.8. The van der Waals surface area contributed by atoms with Crippen molar-refractivity contribution in [3.8, 4) is 0 Å². The molecule has 24 heavy (non-hydrogen) atoms. The average molecular weight is 316 g/mol. The predicted molar refractivity (Wildman–Crippen MR) is 94.6 cm³/mol. The summed E-state index contributed by atoms with van der Waals surface area (Å²) in [5, 5.41) is 0.850. The number of fused-ring (bicyclic) bond motifs is 2. The van der Waals surface area contributed by atoms with E-state index in [-0.39, 0.29) is 5.91 Å². The van der Waals surface area contributed by atoms with Crippen LogP contribution in [-0.2, 0) is 0 Å². The summed E-state index contributed by atoms with van der Waals surface area (Å²) in [6, 6.07) is 15.4. The third-order valence-corrected chi connectivity index (χ3v) is 4.01. The highest BCUT2D eigenvalue weighted by molar-refractivity contribution is 6.10. The lowest BCUT2D eigenvalue weighted by Gasteiger charge is -2.11. The summed E-state index contributed by atoms with van der Waals surface area (Å²) < 4.78 is 1.65. The Bertz CT molecular complexity index is 1080. The molecule has 2 aromatic carbocycles. The van der Waals surface area contributed by atoms with Crippen LogP contribution in [0.5, 0.6) is 0 Å². The number of pyridine rings is 1. The van der Waals surface area contributed by atoms with Gasteiger partial charge in [-0.3, -0.25) is 15.2 Å². The van der Waals surface area contributed by atoms with Crippen LogP contribution in [0.25, 0.3) is 21.9 Å². The van der Waals surface area contributed by atoms with Crippen molar-refractivity contribution in [1.29, 1.82) is 0 Å². The molecule has 4 aromatic rings. The number of carbonyl (C=O) groups is 1. The smallest absolute Gasteiger partial charge is 0.267 e. The van der Waals surface area contributed by atoms with Crippen LogP contribution in [0.2, 0.25) is 0 Å². The number of benzene rings is 2. The molecule has 5 heteroatoms. The Morgan fingerprint density at radius 3 is 2.75 bits per heavy atom. The van der Waals surface area contributed by atoms with Crippen molar-refractivity contribution in [3.05, 3.63) is 71.7 Å². The first-order chi connectivity index (χ1) is 11.6. The predicted octanol–water partition coefficient (Wildman–Crippen LogP) is 3.59. The first kappa shape index (κ1) is 14.4. The van der Waals surface area contributed by atoms with Crippen LogP contribution in [0.3, 0.4) is 0 Å². The zero-order chi connectivity index (χ0) is 16.7. The number of para-hydroxylation sites is 2. The normalized spacial score (nSPS) is 11.1. The Kier molecular flexibility index (Phi) is 3.27. The van der Waals surface area contributed by atoms with E-state index < -0.39 is 0 Å². The molecule has 2 aromatic heterocycles. The van der Waals surface area contributed by atoms with Crippen molar-refractivity contribution in [1.82, 2.24) is 14.6 Å². The molecule has 0 saturated carbocycles. The molecule has 0 atom stereocenters. The Labute approximate surface area is 138 Å². The minimum atomic E-state index is -0.181. The highest BCUT2D eigenvalue weighted by atomic mass is 16.2. The van der Waals surface area contributed by atoms with Gasteiger partial charge in [-0.2, -0.15) is 0 Å². The molecule has 0 unspecified atom stereocenters. The molecule has 0 saturated heterocycles. The average Bonchev–Trinajstić information content (AvgIpc) is 2.98. The van der Waals surface area contributed by atoms with Crippen LogP contribution in [0.1, 0.15) is 21.6 Å². The van der Waals surface area contributed by atoms with Gasteiger partial charge in [0.05, 0.1) is 22.1 Å².